The fourth-order valence-corrected chi connectivity index (χ4v) is 4.36. The summed E-state index contributed by atoms with van der Waals surface area (Å²) in [6.07, 6.45) is 2.83. The molecule has 0 bridgehead atoms. The van der Waals surface area contributed by atoms with Gasteiger partial charge in [0.15, 0.2) is 0 Å². The molecule has 0 aliphatic carbocycles. The van der Waals surface area contributed by atoms with Crippen molar-refractivity contribution < 1.29 is 5.21 Å². The Morgan fingerprint density at radius 3 is 2.56 bits per heavy atom. The summed E-state index contributed by atoms with van der Waals surface area (Å²) < 4.78 is 0. The zero-order valence-electron chi connectivity index (χ0n) is 16.2. The first-order chi connectivity index (χ1) is 12.6. The molecule has 3 rings (SSSR count). The Morgan fingerprint density at radius 2 is 1.85 bits per heavy atom. The second-order valence-corrected chi connectivity index (χ2v) is 7.94. The molecule has 0 unspecified atom stereocenters. The second kappa shape index (κ2) is 10.0. The van der Waals surface area contributed by atoms with Crippen molar-refractivity contribution in [2.75, 3.05) is 32.1 Å². The number of rotatable bonds is 7. The largest absolute Gasteiger partial charge is 0.411 e. The van der Waals surface area contributed by atoms with Crippen molar-refractivity contribution in [2.24, 2.45) is 5.16 Å². The number of oxime groups is 1. The van der Waals surface area contributed by atoms with Crippen LogP contribution in [0.15, 0.2) is 57.4 Å². The SMILES string of the molecule is CCC/C(=N\O)c1ccc2c(c1)N(CCCN(C)C)c1ccccc1S2.Cl. The fourth-order valence-electron chi connectivity index (χ4n) is 3.28. The predicted octanol–water partition coefficient (Wildman–Crippen LogP) is 5.64. The van der Waals surface area contributed by atoms with E-state index in [0.717, 1.165) is 43.6 Å². The number of benzene rings is 2. The van der Waals surface area contributed by atoms with E-state index < -0.39 is 0 Å². The van der Waals surface area contributed by atoms with Crippen LogP contribution in [0.25, 0.3) is 0 Å². The van der Waals surface area contributed by atoms with Crippen LogP contribution >= 0.6 is 24.2 Å². The van der Waals surface area contributed by atoms with E-state index in [4.69, 9.17) is 0 Å². The highest BCUT2D eigenvalue weighted by Crippen LogP contribution is 2.48. The predicted molar refractivity (Wildman–Crippen MR) is 118 cm³/mol. The van der Waals surface area contributed by atoms with Crippen LogP contribution < -0.4 is 4.90 Å². The first-order valence-electron chi connectivity index (χ1n) is 9.18. The van der Waals surface area contributed by atoms with E-state index in [1.165, 1.54) is 21.2 Å². The summed E-state index contributed by atoms with van der Waals surface area (Å²) in [6, 6.07) is 15.0. The molecule has 2 aromatic rings. The van der Waals surface area contributed by atoms with E-state index >= 15 is 0 Å². The second-order valence-electron chi connectivity index (χ2n) is 6.86. The van der Waals surface area contributed by atoms with Crippen LogP contribution in [0.1, 0.15) is 31.7 Å². The van der Waals surface area contributed by atoms with E-state index in [1.807, 2.05) is 11.8 Å². The van der Waals surface area contributed by atoms with Crippen LogP contribution in [0.4, 0.5) is 11.4 Å². The van der Waals surface area contributed by atoms with Crippen molar-refractivity contribution in [1.29, 1.82) is 0 Å². The number of para-hydroxylation sites is 1. The minimum Gasteiger partial charge on any atom is -0.411 e. The smallest absolute Gasteiger partial charge is 0.0868 e. The molecule has 0 spiro atoms. The molecule has 6 heteroatoms. The first kappa shape index (κ1) is 21.6. The summed E-state index contributed by atoms with van der Waals surface area (Å²) in [5, 5.41) is 12.9. The minimum atomic E-state index is 0. The van der Waals surface area contributed by atoms with E-state index in [2.05, 4.69) is 78.4 Å². The molecule has 0 saturated heterocycles. The summed E-state index contributed by atoms with van der Waals surface area (Å²) in [4.78, 5) is 7.18. The van der Waals surface area contributed by atoms with Crippen molar-refractivity contribution in [1.82, 2.24) is 4.90 Å². The average Bonchev–Trinajstić information content (AvgIpc) is 2.65. The van der Waals surface area contributed by atoms with Crippen LogP contribution in [0.2, 0.25) is 0 Å². The lowest BCUT2D eigenvalue weighted by Crippen LogP contribution is -2.25. The van der Waals surface area contributed by atoms with Gasteiger partial charge in [0.1, 0.15) is 0 Å². The van der Waals surface area contributed by atoms with Gasteiger partial charge < -0.3 is 15.0 Å². The summed E-state index contributed by atoms with van der Waals surface area (Å²) in [7, 11) is 4.22. The van der Waals surface area contributed by atoms with E-state index in [0.29, 0.717) is 0 Å². The van der Waals surface area contributed by atoms with Crippen LogP contribution in [-0.4, -0.2) is 43.0 Å². The molecule has 4 nitrogen and oxygen atoms in total. The number of halogens is 1. The Hall–Kier alpha value is -1.69. The molecule has 0 amide bonds. The van der Waals surface area contributed by atoms with Gasteiger partial charge >= 0.3 is 0 Å². The van der Waals surface area contributed by atoms with Gasteiger partial charge in [-0.3, -0.25) is 0 Å². The van der Waals surface area contributed by atoms with Crippen molar-refractivity contribution in [2.45, 2.75) is 36.0 Å². The van der Waals surface area contributed by atoms with Gasteiger partial charge in [0, 0.05) is 21.9 Å². The van der Waals surface area contributed by atoms with Gasteiger partial charge in [0.2, 0.25) is 0 Å². The minimum absolute atomic E-state index is 0. The maximum absolute atomic E-state index is 9.40. The topological polar surface area (TPSA) is 39.1 Å². The molecule has 0 atom stereocenters. The monoisotopic (exact) mass is 405 g/mol. The summed E-state index contributed by atoms with van der Waals surface area (Å²) in [5.74, 6) is 0. The molecule has 0 aromatic heterocycles. The Bertz CT molecular complexity index is 795. The zero-order valence-corrected chi connectivity index (χ0v) is 17.8. The number of anilines is 2. The Balaban J connectivity index is 0.00000261. The normalized spacial score (nSPS) is 13.2. The zero-order chi connectivity index (χ0) is 18.5. The van der Waals surface area contributed by atoms with Crippen molar-refractivity contribution in [3.05, 3.63) is 48.0 Å². The number of hydrogen-bond acceptors (Lipinski definition) is 5. The molecule has 1 aliphatic heterocycles. The molecule has 0 fully saturated rings. The van der Waals surface area contributed by atoms with Gasteiger partial charge in [0.25, 0.3) is 0 Å². The molecule has 0 saturated carbocycles. The highest BCUT2D eigenvalue weighted by atomic mass is 35.5. The van der Waals surface area contributed by atoms with Gasteiger partial charge in [-0.25, -0.2) is 0 Å². The molecule has 1 N–H and O–H groups in total. The lowest BCUT2D eigenvalue weighted by molar-refractivity contribution is 0.318. The van der Waals surface area contributed by atoms with Gasteiger partial charge in [0.05, 0.1) is 17.1 Å². The average molecular weight is 406 g/mol. The van der Waals surface area contributed by atoms with Crippen molar-refractivity contribution >= 4 is 41.3 Å². The van der Waals surface area contributed by atoms with Crippen LogP contribution in [-0.2, 0) is 0 Å². The lowest BCUT2D eigenvalue weighted by Gasteiger charge is -2.33. The molecular weight excluding hydrogens is 378 g/mol. The first-order valence-corrected chi connectivity index (χ1v) is 10.00. The van der Waals surface area contributed by atoms with E-state index in [1.54, 1.807) is 0 Å². The van der Waals surface area contributed by atoms with Crippen LogP contribution in [0, 0.1) is 0 Å². The molecular formula is C21H28ClN3OS. The summed E-state index contributed by atoms with van der Waals surface area (Å²) in [6.45, 7) is 4.12. The highest BCUT2D eigenvalue weighted by Gasteiger charge is 2.23. The lowest BCUT2D eigenvalue weighted by atomic mass is 10.0. The van der Waals surface area contributed by atoms with Gasteiger partial charge in [-0.15, -0.1) is 12.4 Å². The maximum atomic E-state index is 9.40. The fraction of sp³-hybridized carbons (Fsp3) is 0.381. The molecule has 27 heavy (non-hydrogen) atoms. The Labute approximate surface area is 172 Å². The van der Waals surface area contributed by atoms with E-state index in [9.17, 15) is 5.21 Å². The molecule has 1 aliphatic rings. The number of hydrogen-bond donors (Lipinski definition) is 1. The maximum Gasteiger partial charge on any atom is 0.0868 e. The van der Waals surface area contributed by atoms with Crippen molar-refractivity contribution in [3.63, 3.8) is 0 Å². The number of fused-ring (bicyclic) bond motifs is 2. The third kappa shape index (κ3) is 4.98. The number of nitrogens with zero attached hydrogens (tertiary/aromatic N) is 3. The highest BCUT2D eigenvalue weighted by molar-refractivity contribution is 7.99. The third-order valence-electron chi connectivity index (χ3n) is 4.55. The van der Waals surface area contributed by atoms with Gasteiger partial charge in [-0.1, -0.05) is 48.5 Å². The van der Waals surface area contributed by atoms with Gasteiger partial charge in [-0.2, -0.15) is 0 Å². The summed E-state index contributed by atoms with van der Waals surface area (Å²) >= 11 is 1.81. The van der Waals surface area contributed by atoms with Crippen molar-refractivity contribution in [3.8, 4) is 0 Å². The van der Waals surface area contributed by atoms with E-state index in [-0.39, 0.29) is 12.4 Å². The van der Waals surface area contributed by atoms with Crippen LogP contribution in [0.5, 0.6) is 0 Å². The Morgan fingerprint density at radius 1 is 1.11 bits per heavy atom. The standard InChI is InChI=1S/C21H27N3OS.ClH/c1-4-8-17(22-25)16-11-12-21-19(15-16)24(14-7-13-23(2)3)18-9-5-6-10-20(18)26-21;/h5-6,9-12,15,25H,4,7-8,13-14H2,1-3H3;1H/b22-17+;. The molecule has 0 radical (unpaired) electrons. The van der Waals surface area contributed by atoms with Gasteiger partial charge in [-0.05, 0) is 57.7 Å². The summed E-state index contributed by atoms with van der Waals surface area (Å²) in [5.41, 5.74) is 4.24. The molecule has 1 heterocycles. The third-order valence-corrected chi connectivity index (χ3v) is 5.68. The molecule has 2 aromatic carbocycles. The molecule has 146 valence electrons. The quantitative estimate of drug-likeness (QED) is 0.367. The van der Waals surface area contributed by atoms with Crippen LogP contribution in [0.3, 0.4) is 0 Å². The Kier molecular flexibility index (Phi) is 8.02.